The predicted molar refractivity (Wildman–Crippen MR) is 75.2 cm³/mol. The van der Waals surface area contributed by atoms with Crippen LogP contribution in [0.3, 0.4) is 0 Å². The standard InChI is InChI=1S/C12H24N4O2S/c1-12(11-13,14-2)5-4-6-15-7-9-16(10-8-15)19(3,17)18/h14H,4-10H2,1-3H3. The van der Waals surface area contributed by atoms with Crippen LogP contribution in [0, 0.1) is 11.3 Å². The maximum atomic E-state index is 11.4. The molecule has 1 rings (SSSR count). The molecule has 6 nitrogen and oxygen atoms in total. The molecule has 1 aliphatic heterocycles. The number of nitrogens with one attached hydrogen (secondary N) is 1. The van der Waals surface area contributed by atoms with Crippen molar-refractivity contribution in [3.05, 3.63) is 0 Å². The summed E-state index contributed by atoms with van der Waals surface area (Å²) in [5.41, 5.74) is -0.464. The molecule has 1 unspecified atom stereocenters. The molecular formula is C12H24N4O2S. The van der Waals surface area contributed by atoms with Crippen LogP contribution in [0.15, 0.2) is 0 Å². The van der Waals surface area contributed by atoms with Gasteiger partial charge in [0, 0.05) is 26.2 Å². The monoisotopic (exact) mass is 288 g/mol. The summed E-state index contributed by atoms with van der Waals surface area (Å²) in [5, 5.41) is 12.1. The Kier molecular flexibility index (Phi) is 5.74. The van der Waals surface area contributed by atoms with Crippen LogP contribution in [0.5, 0.6) is 0 Å². The summed E-state index contributed by atoms with van der Waals surface area (Å²) in [6.07, 6.45) is 2.99. The molecule has 0 spiro atoms. The molecule has 0 aromatic heterocycles. The second-order valence-electron chi connectivity index (χ2n) is 5.30. The summed E-state index contributed by atoms with van der Waals surface area (Å²) < 4.78 is 24.3. The Bertz CT molecular complexity index is 424. The van der Waals surface area contributed by atoms with E-state index in [1.165, 1.54) is 10.6 Å². The Balaban J connectivity index is 2.30. The molecule has 0 aromatic carbocycles. The lowest BCUT2D eigenvalue weighted by molar-refractivity contribution is 0.183. The fourth-order valence-corrected chi connectivity index (χ4v) is 3.00. The number of nitrogens with zero attached hydrogens (tertiary/aromatic N) is 3. The molecular weight excluding hydrogens is 264 g/mol. The Morgan fingerprint density at radius 3 is 2.32 bits per heavy atom. The average molecular weight is 288 g/mol. The lowest BCUT2D eigenvalue weighted by Crippen LogP contribution is -2.48. The minimum Gasteiger partial charge on any atom is -0.303 e. The van der Waals surface area contributed by atoms with Crippen LogP contribution in [-0.4, -0.2) is 69.2 Å². The van der Waals surface area contributed by atoms with Crippen molar-refractivity contribution in [1.82, 2.24) is 14.5 Å². The largest absolute Gasteiger partial charge is 0.303 e. The average Bonchev–Trinajstić information content (AvgIpc) is 2.38. The Morgan fingerprint density at radius 2 is 1.89 bits per heavy atom. The summed E-state index contributed by atoms with van der Waals surface area (Å²) in [5.74, 6) is 0. The van der Waals surface area contributed by atoms with Crippen molar-refractivity contribution in [2.45, 2.75) is 25.3 Å². The van der Waals surface area contributed by atoms with Crippen molar-refractivity contribution in [2.75, 3.05) is 46.0 Å². The van der Waals surface area contributed by atoms with Gasteiger partial charge in [-0.15, -0.1) is 0 Å². The van der Waals surface area contributed by atoms with E-state index in [1.807, 2.05) is 6.92 Å². The number of rotatable bonds is 6. The molecule has 0 bridgehead atoms. The highest BCUT2D eigenvalue weighted by atomic mass is 32.2. The number of hydrogen-bond acceptors (Lipinski definition) is 5. The van der Waals surface area contributed by atoms with Crippen molar-refractivity contribution in [1.29, 1.82) is 5.26 Å². The van der Waals surface area contributed by atoms with Gasteiger partial charge in [0.15, 0.2) is 0 Å². The highest BCUT2D eigenvalue weighted by Crippen LogP contribution is 2.12. The van der Waals surface area contributed by atoms with Crippen molar-refractivity contribution in [2.24, 2.45) is 0 Å². The zero-order valence-corrected chi connectivity index (χ0v) is 12.8. The maximum absolute atomic E-state index is 11.4. The third kappa shape index (κ3) is 5.07. The van der Waals surface area contributed by atoms with Gasteiger partial charge in [0.2, 0.25) is 10.0 Å². The molecule has 0 saturated carbocycles. The van der Waals surface area contributed by atoms with E-state index in [1.54, 1.807) is 7.05 Å². The molecule has 1 N–H and O–H groups in total. The third-order valence-corrected chi connectivity index (χ3v) is 5.05. The topological polar surface area (TPSA) is 76.4 Å². The highest BCUT2D eigenvalue weighted by molar-refractivity contribution is 7.88. The van der Waals surface area contributed by atoms with E-state index in [0.717, 1.165) is 32.5 Å². The number of hydrogen-bond donors (Lipinski definition) is 1. The SMILES string of the molecule is CNC(C)(C#N)CCCN1CCN(S(C)(=O)=O)CC1. The zero-order valence-electron chi connectivity index (χ0n) is 12.0. The summed E-state index contributed by atoms with van der Waals surface area (Å²) in [7, 11) is -1.25. The summed E-state index contributed by atoms with van der Waals surface area (Å²) in [4.78, 5) is 2.26. The fraction of sp³-hybridized carbons (Fsp3) is 0.917. The van der Waals surface area contributed by atoms with Crippen LogP contribution in [-0.2, 0) is 10.0 Å². The smallest absolute Gasteiger partial charge is 0.211 e. The van der Waals surface area contributed by atoms with Gasteiger partial charge in [-0.2, -0.15) is 9.57 Å². The van der Waals surface area contributed by atoms with Crippen LogP contribution in [0.25, 0.3) is 0 Å². The van der Waals surface area contributed by atoms with Gasteiger partial charge in [-0.05, 0) is 33.4 Å². The molecule has 1 saturated heterocycles. The van der Waals surface area contributed by atoms with E-state index in [-0.39, 0.29) is 0 Å². The van der Waals surface area contributed by atoms with Gasteiger partial charge in [-0.3, -0.25) is 0 Å². The first-order chi connectivity index (χ1) is 8.80. The Morgan fingerprint density at radius 1 is 1.32 bits per heavy atom. The maximum Gasteiger partial charge on any atom is 0.211 e. The van der Waals surface area contributed by atoms with E-state index in [0.29, 0.717) is 13.1 Å². The first kappa shape index (κ1) is 16.4. The zero-order chi connectivity index (χ0) is 14.5. The van der Waals surface area contributed by atoms with Crippen molar-refractivity contribution < 1.29 is 8.42 Å². The number of piperazine rings is 1. The van der Waals surface area contributed by atoms with Gasteiger partial charge in [-0.25, -0.2) is 8.42 Å². The van der Waals surface area contributed by atoms with E-state index < -0.39 is 15.6 Å². The van der Waals surface area contributed by atoms with Crippen molar-refractivity contribution in [3.63, 3.8) is 0 Å². The summed E-state index contributed by atoms with van der Waals surface area (Å²) in [6, 6.07) is 2.28. The lowest BCUT2D eigenvalue weighted by atomic mass is 9.98. The molecule has 1 atom stereocenters. The van der Waals surface area contributed by atoms with Gasteiger partial charge in [0.05, 0.1) is 12.3 Å². The van der Waals surface area contributed by atoms with Crippen LogP contribution < -0.4 is 5.32 Å². The van der Waals surface area contributed by atoms with Crippen LogP contribution in [0.1, 0.15) is 19.8 Å². The quantitative estimate of drug-likeness (QED) is 0.735. The Hall–Kier alpha value is -0.680. The molecule has 0 amide bonds. The van der Waals surface area contributed by atoms with Gasteiger partial charge in [-0.1, -0.05) is 0 Å². The van der Waals surface area contributed by atoms with Gasteiger partial charge < -0.3 is 10.2 Å². The minimum absolute atomic E-state index is 0.464. The first-order valence-electron chi connectivity index (χ1n) is 6.58. The van der Waals surface area contributed by atoms with E-state index in [9.17, 15) is 8.42 Å². The summed E-state index contributed by atoms with van der Waals surface area (Å²) in [6.45, 7) is 5.50. The normalized spacial score (nSPS) is 21.8. The molecule has 19 heavy (non-hydrogen) atoms. The molecule has 1 heterocycles. The molecule has 0 aliphatic carbocycles. The van der Waals surface area contributed by atoms with Crippen molar-refractivity contribution >= 4 is 10.0 Å². The van der Waals surface area contributed by atoms with E-state index in [2.05, 4.69) is 16.3 Å². The first-order valence-corrected chi connectivity index (χ1v) is 8.43. The van der Waals surface area contributed by atoms with E-state index in [4.69, 9.17) is 5.26 Å². The highest BCUT2D eigenvalue weighted by Gasteiger charge is 2.24. The lowest BCUT2D eigenvalue weighted by Gasteiger charge is -2.33. The molecule has 0 aromatic rings. The summed E-state index contributed by atoms with van der Waals surface area (Å²) >= 11 is 0. The van der Waals surface area contributed by atoms with Gasteiger partial charge in [0.25, 0.3) is 0 Å². The second kappa shape index (κ2) is 6.66. The molecule has 1 aliphatic rings. The predicted octanol–water partition coefficient (Wildman–Crippen LogP) is -0.155. The van der Waals surface area contributed by atoms with Crippen LogP contribution in [0.4, 0.5) is 0 Å². The number of sulfonamides is 1. The third-order valence-electron chi connectivity index (χ3n) is 3.75. The Labute approximate surface area is 116 Å². The van der Waals surface area contributed by atoms with E-state index >= 15 is 0 Å². The second-order valence-corrected chi connectivity index (χ2v) is 7.28. The molecule has 1 fully saturated rings. The number of nitriles is 1. The van der Waals surface area contributed by atoms with Crippen LogP contribution in [0.2, 0.25) is 0 Å². The van der Waals surface area contributed by atoms with Gasteiger partial charge >= 0.3 is 0 Å². The van der Waals surface area contributed by atoms with Crippen molar-refractivity contribution in [3.8, 4) is 6.07 Å². The van der Waals surface area contributed by atoms with Crippen LogP contribution >= 0.6 is 0 Å². The molecule has 7 heteroatoms. The fourth-order valence-electron chi connectivity index (χ4n) is 2.18. The molecule has 0 radical (unpaired) electrons. The van der Waals surface area contributed by atoms with Gasteiger partial charge in [0.1, 0.15) is 5.54 Å². The minimum atomic E-state index is -3.05. The molecule has 110 valence electrons.